The van der Waals surface area contributed by atoms with E-state index in [9.17, 15) is 14.4 Å². The number of thiophene rings is 1. The summed E-state index contributed by atoms with van der Waals surface area (Å²) in [6.07, 6.45) is 4.49. The van der Waals surface area contributed by atoms with Crippen LogP contribution in [0.5, 0.6) is 0 Å². The van der Waals surface area contributed by atoms with E-state index in [0.29, 0.717) is 12.8 Å². The highest BCUT2D eigenvalue weighted by Gasteiger charge is 2.49. The smallest absolute Gasteiger partial charge is 0.277 e. The van der Waals surface area contributed by atoms with Gasteiger partial charge in [-0.25, -0.2) is 4.79 Å². The number of aromatic nitrogens is 1. The topological polar surface area (TPSA) is 88.2 Å². The number of aryl methyl sites for hydroxylation is 1. The Balaban J connectivity index is 1.88. The number of carbonyl (C=O) groups is 3. The molecule has 1 fully saturated rings. The Hall–Kier alpha value is -2.54. The maximum absolute atomic E-state index is 12.5. The number of amides is 4. The predicted molar refractivity (Wildman–Crippen MR) is 84.7 cm³/mol. The Kier molecular flexibility index (Phi) is 4.20. The van der Waals surface area contributed by atoms with Crippen LogP contribution in [0.3, 0.4) is 0 Å². The van der Waals surface area contributed by atoms with Gasteiger partial charge >= 0.3 is 6.03 Å². The molecular formula is C16H15N3O3S. The van der Waals surface area contributed by atoms with Crippen LogP contribution in [0, 0.1) is 5.41 Å². The summed E-state index contributed by atoms with van der Waals surface area (Å²) >= 11 is 1.49. The molecule has 0 bridgehead atoms. The van der Waals surface area contributed by atoms with Crippen molar-refractivity contribution in [3.63, 3.8) is 0 Å². The van der Waals surface area contributed by atoms with Crippen molar-refractivity contribution in [3.8, 4) is 0 Å². The van der Waals surface area contributed by atoms with E-state index >= 15 is 0 Å². The van der Waals surface area contributed by atoms with Crippen LogP contribution in [0.1, 0.15) is 16.9 Å². The highest BCUT2D eigenvalue weighted by Crippen LogP contribution is 2.33. The maximum Gasteiger partial charge on any atom is 0.328 e. The Morgan fingerprint density at radius 3 is 2.35 bits per heavy atom. The van der Waals surface area contributed by atoms with Crippen LogP contribution in [0.25, 0.3) is 0 Å². The van der Waals surface area contributed by atoms with Crippen LogP contribution < -0.4 is 10.6 Å². The molecule has 0 aliphatic carbocycles. The lowest BCUT2D eigenvalue weighted by Crippen LogP contribution is -2.63. The molecule has 118 valence electrons. The lowest BCUT2D eigenvalue weighted by Gasteiger charge is -2.33. The molecule has 0 saturated carbocycles. The first-order valence-corrected chi connectivity index (χ1v) is 8.06. The van der Waals surface area contributed by atoms with Gasteiger partial charge in [0.1, 0.15) is 5.41 Å². The third-order valence-corrected chi connectivity index (χ3v) is 4.85. The molecule has 23 heavy (non-hydrogen) atoms. The molecule has 0 radical (unpaired) electrons. The van der Waals surface area contributed by atoms with Gasteiger partial charge in [-0.1, -0.05) is 6.07 Å². The molecule has 1 saturated heterocycles. The fourth-order valence-corrected chi connectivity index (χ4v) is 3.49. The number of hydrogen-bond acceptors (Lipinski definition) is 5. The zero-order valence-electron chi connectivity index (χ0n) is 12.2. The summed E-state index contributed by atoms with van der Waals surface area (Å²) in [6, 6.07) is 6.70. The Bertz CT molecular complexity index is 708. The van der Waals surface area contributed by atoms with E-state index in [4.69, 9.17) is 0 Å². The number of urea groups is 1. The highest BCUT2D eigenvalue weighted by molar-refractivity contribution is 7.09. The SMILES string of the molecule is O=C1NC(=O)C(CCc2ccncc2)(Cc2cccs2)C(=O)N1. The predicted octanol–water partition coefficient (Wildman–Crippen LogP) is 1.67. The van der Waals surface area contributed by atoms with E-state index in [1.807, 2.05) is 29.6 Å². The second-order valence-corrected chi connectivity index (χ2v) is 6.46. The van der Waals surface area contributed by atoms with Crippen molar-refractivity contribution in [1.29, 1.82) is 0 Å². The fraction of sp³-hybridized carbons (Fsp3) is 0.250. The summed E-state index contributed by atoms with van der Waals surface area (Å²) < 4.78 is 0. The van der Waals surface area contributed by atoms with E-state index in [0.717, 1.165) is 10.4 Å². The van der Waals surface area contributed by atoms with Crippen LogP contribution >= 0.6 is 11.3 Å². The molecule has 0 aromatic carbocycles. The summed E-state index contributed by atoms with van der Waals surface area (Å²) in [5, 5.41) is 6.36. The van der Waals surface area contributed by atoms with E-state index in [2.05, 4.69) is 15.6 Å². The van der Waals surface area contributed by atoms with Crippen molar-refractivity contribution < 1.29 is 14.4 Å². The molecule has 0 atom stereocenters. The van der Waals surface area contributed by atoms with Crippen LogP contribution in [0.4, 0.5) is 4.79 Å². The molecule has 1 aliphatic heterocycles. The summed E-state index contributed by atoms with van der Waals surface area (Å²) in [5.41, 5.74) is -0.287. The Morgan fingerprint density at radius 2 is 1.74 bits per heavy atom. The molecule has 6 nitrogen and oxygen atoms in total. The fourth-order valence-electron chi connectivity index (χ4n) is 2.67. The molecule has 3 heterocycles. The van der Waals surface area contributed by atoms with Crippen molar-refractivity contribution in [1.82, 2.24) is 15.6 Å². The van der Waals surface area contributed by atoms with Gasteiger partial charge in [0.15, 0.2) is 0 Å². The third kappa shape index (κ3) is 3.14. The normalized spacial score (nSPS) is 16.8. The molecule has 0 spiro atoms. The van der Waals surface area contributed by atoms with Crippen LogP contribution in [-0.2, 0) is 22.4 Å². The van der Waals surface area contributed by atoms with E-state index in [1.165, 1.54) is 11.3 Å². The summed E-state index contributed by atoms with van der Waals surface area (Å²) in [7, 11) is 0. The highest BCUT2D eigenvalue weighted by atomic mass is 32.1. The largest absolute Gasteiger partial charge is 0.328 e. The van der Waals surface area contributed by atoms with Gasteiger partial charge < -0.3 is 0 Å². The molecule has 4 amide bonds. The van der Waals surface area contributed by atoms with Crippen LogP contribution in [-0.4, -0.2) is 22.8 Å². The maximum atomic E-state index is 12.5. The minimum absolute atomic E-state index is 0.278. The Labute approximate surface area is 136 Å². The first-order valence-electron chi connectivity index (χ1n) is 7.18. The number of barbiturate groups is 1. The number of carbonyl (C=O) groups excluding carboxylic acids is 3. The van der Waals surface area contributed by atoms with Crippen molar-refractivity contribution in [3.05, 3.63) is 52.5 Å². The Morgan fingerprint density at radius 1 is 1.04 bits per heavy atom. The lowest BCUT2D eigenvalue weighted by molar-refractivity contribution is -0.144. The molecular weight excluding hydrogens is 314 g/mol. The van der Waals surface area contributed by atoms with Crippen molar-refractivity contribution in [2.75, 3.05) is 0 Å². The second kappa shape index (κ2) is 6.29. The first-order chi connectivity index (χ1) is 11.1. The summed E-state index contributed by atoms with van der Waals surface area (Å²) in [5.74, 6) is -1.07. The molecule has 1 aliphatic rings. The van der Waals surface area contributed by atoms with Crippen LogP contribution in [0.15, 0.2) is 42.0 Å². The van der Waals surface area contributed by atoms with Crippen LogP contribution in [0.2, 0.25) is 0 Å². The molecule has 0 unspecified atom stereocenters. The number of pyridine rings is 1. The lowest BCUT2D eigenvalue weighted by atomic mass is 9.76. The molecule has 2 aromatic heterocycles. The number of nitrogens with one attached hydrogen (secondary N) is 2. The first kappa shape index (κ1) is 15.4. The second-order valence-electron chi connectivity index (χ2n) is 5.43. The van der Waals surface area contributed by atoms with E-state index in [-0.39, 0.29) is 6.42 Å². The molecule has 2 aromatic rings. The number of hydrogen-bond donors (Lipinski definition) is 2. The third-order valence-electron chi connectivity index (χ3n) is 3.97. The minimum Gasteiger partial charge on any atom is -0.277 e. The molecule has 7 heteroatoms. The standard InChI is InChI=1S/C16H15N3O3S/c20-13-16(10-12-2-1-9-23-12,14(21)19-15(22)18-13)6-3-11-4-7-17-8-5-11/h1-2,4-5,7-9H,3,6,10H2,(H2,18,19,20,21,22). The number of rotatable bonds is 5. The van der Waals surface area contributed by atoms with Gasteiger partial charge in [-0.3, -0.25) is 25.2 Å². The number of nitrogens with zero attached hydrogens (tertiary/aromatic N) is 1. The minimum atomic E-state index is -1.28. The van der Waals surface area contributed by atoms with Crippen molar-refractivity contribution in [2.45, 2.75) is 19.3 Å². The zero-order chi connectivity index (χ0) is 16.3. The zero-order valence-corrected chi connectivity index (χ0v) is 13.1. The van der Waals surface area contributed by atoms with Gasteiger partial charge in [-0.2, -0.15) is 0 Å². The van der Waals surface area contributed by atoms with Crippen molar-refractivity contribution >= 4 is 29.2 Å². The number of imide groups is 2. The van der Waals surface area contributed by atoms with Gasteiger partial charge in [-0.15, -0.1) is 11.3 Å². The summed E-state index contributed by atoms with van der Waals surface area (Å²) in [4.78, 5) is 41.2. The van der Waals surface area contributed by atoms with Crippen molar-refractivity contribution in [2.24, 2.45) is 5.41 Å². The monoisotopic (exact) mass is 329 g/mol. The molecule has 2 N–H and O–H groups in total. The van der Waals surface area contributed by atoms with E-state index in [1.54, 1.807) is 12.4 Å². The summed E-state index contributed by atoms with van der Waals surface area (Å²) in [6.45, 7) is 0. The van der Waals surface area contributed by atoms with E-state index < -0.39 is 23.3 Å². The van der Waals surface area contributed by atoms with Gasteiger partial charge in [0.05, 0.1) is 0 Å². The van der Waals surface area contributed by atoms with Gasteiger partial charge in [-0.05, 0) is 42.0 Å². The van der Waals surface area contributed by atoms with Gasteiger partial charge in [0, 0.05) is 23.7 Å². The quantitative estimate of drug-likeness (QED) is 0.817. The average molecular weight is 329 g/mol. The van der Waals surface area contributed by atoms with Gasteiger partial charge in [0.25, 0.3) is 0 Å². The average Bonchev–Trinajstić information content (AvgIpc) is 3.03. The van der Waals surface area contributed by atoms with Gasteiger partial charge in [0.2, 0.25) is 11.8 Å². The molecule has 3 rings (SSSR count).